The number of fused-ring (bicyclic) bond motifs is 1. The average molecular weight is 412 g/mol. The van der Waals surface area contributed by atoms with Crippen LogP contribution in [0, 0.1) is 12.8 Å². The van der Waals surface area contributed by atoms with Crippen molar-refractivity contribution < 1.29 is 19.2 Å². The Labute approximate surface area is 180 Å². The van der Waals surface area contributed by atoms with Crippen LogP contribution in [0.1, 0.15) is 48.6 Å². The Kier molecular flexibility index (Phi) is 7.38. The third-order valence-electron chi connectivity index (χ3n) is 5.88. The van der Waals surface area contributed by atoms with Crippen molar-refractivity contribution in [3.05, 3.63) is 58.7 Å². The fourth-order valence-electron chi connectivity index (χ4n) is 4.26. The molecule has 2 atom stereocenters. The molecular weight excluding hydrogens is 376 g/mol. The number of carbonyl (C=O) groups is 1. The molecule has 0 aliphatic carbocycles. The van der Waals surface area contributed by atoms with Crippen molar-refractivity contribution >= 4 is 5.91 Å². The summed E-state index contributed by atoms with van der Waals surface area (Å²) in [6.45, 7) is 8.82. The molecule has 3 rings (SSSR count). The Morgan fingerprint density at radius 2 is 1.80 bits per heavy atom. The van der Waals surface area contributed by atoms with Crippen molar-refractivity contribution in [2.24, 2.45) is 5.92 Å². The first kappa shape index (κ1) is 22.2. The molecule has 1 aliphatic heterocycles. The van der Waals surface area contributed by atoms with Crippen molar-refractivity contribution in [2.75, 3.05) is 27.3 Å². The topological polar surface area (TPSA) is 52.0 Å². The van der Waals surface area contributed by atoms with Gasteiger partial charge in [0.05, 0.1) is 27.3 Å². The summed E-state index contributed by atoms with van der Waals surface area (Å²) in [5.74, 6) is 1.98. The zero-order chi connectivity index (χ0) is 21.7. The predicted molar refractivity (Wildman–Crippen MR) is 119 cm³/mol. The van der Waals surface area contributed by atoms with Crippen LogP contribution >= 0.6 is 0 Å². The Morgan fingerprint density at radius 3 is 2.43 bits per heavy atom. The lowest BCUT2D eigenvalue weighted by Crippen LogP contribution is -3.12. The second-order valence-electron chi connectivity index (χ2n) is 8.68. The summed E-state index contributed by atoms with van der Waals surface area (Å²) in [5, 5.41) is 3.18. The van der Waals surface area contributed by atoms with E-state index in [1.807, 2.05) is 0 Å². The second-order valence-corrected chi connectivity index (χ2v) is 8.68. The first-order valence-electron chi connectivity index (χ1n) is 10.8. The van der Waals surface area contributed by atoms with Gasteiger partial charge in [0.15, 0.2) is 11.5 Å². The fraction of sp³-hybridized carbons (Fsp3) is 0.480. The maximum absolute atomic E-state index is 12.4. The first-order chi connectivity index (χ1) is 14.4. The van der Waals surface area contributed by atoms with Gasteiger partial charge < -0.3 is 19.7 Å². The van der Waals surface area contributed by atoms with E-state index in [0.717, 1.165) is 31.0 Å². The van der Waals surface area contributed by atoms with Crippen molar-refractivity contribution in [2.45, 2.75) is 46.2 Å². The highest BCUT2D eigenvalue weighted by molar-refractivity contribution is 5.76. The van der Waals surface area contributed by atoms with Crippen molar-refractivity contribution in [3.8, 4) is 11.5 Å². The number of hydrogen-bond acceptors (Lipinski definition) is 3. The van der Waals surface area contributed by atoms with E-state index in [2.05, 4.69) is 62.5 Å². The molecule has 2 aromatic carbocycles. The highest BCUT2D eigenvalue weighted by Gasteiger charge is 2.33. The molecule has 1 amide bonds. The van der Waals surface area contributed by atoms with Crippen molar-refractivity contribution in [1.29, 1.82) is 0 Å². The molecule has 1 aliphatic rings. The van der Waals surface area contributed by atoms with Crippen molar-refractivity contribution in [3.63, 3.8) is 0 Å². The highest BCUT2D eigenvalue weighted by atomic mass is 16.5. The largest absolute Gasteiger partial charge is 0.493 e. The van der Waals surface area contributed by atoms with E-state index in [0.29, 0.717) is 18.9 Å². The summed E-state index contributed by atoms with van der Waals surface area (Å²) < 4.78 is 11.1. The van der Waals surface area contributed by atoms with E-state index >= 15 is 0 Å². The molecular formula is C25H35N2O3+. The molecule has 1 unspecified atom stereocenters. The fourth-order valence-corrected chi connectivity index (χ4v) is 4.26. The van der Waals surface area contributed by atoms with E-state index in [-0.39, 0.29) is 11.9 Å². The summed E-state index contributed by atoms with van der Waals surface area (Å²) >= 11 is 0. The molecule has 162 valence electrons. The van der Waals surface area contributed by atoms with Crippen LogP contribution < -0.4 is 19.7 Å². The number of benzene rings is 2. The van der Waals surface area contributed by atoms with Crippen LogP contribution in [0.4, 0.5) is 0 Å². The third kappa shape index (κ3) is 5.33. The van der Waals surface area contributed by atoms with Crippen LogP contribution in [-0.2, 0) is 17.8 Å². The Bertz CT molecular complexity index is 861. The van der Waals surface area contributed by atoms with Crippen LogP contribution in [0.2, 0.25) is 0 Å². The molecule has 2 aromatic rings. The maximum atomic E-state index is 12.4. The summed E-state index contributed by atoms with van der Waals surface area (Å²) in [5.41, 5.74) is 5.11. The number of nitrogens with one attached hydrogen (secondary N) is 2. The van der Waals surface area contributed by atoms with Crippen LogP contribution in [-0.4, -0.2) is 33.2 Å². The number of aryl methyl sites for hydroxylation is 1. The standard InChI is InChI=1S/C25H34N2O3/c1-17(2)12-25(28)26-15-22-21-14-24(30-5)23(29-4)13-20(21)10-11-27(22)16-19-8-6-18(3)7-9-19/h6-9,13-14,17,22H,10-12,15-16H2,1-5H3,(H,26,28)/p+1/t22-/m0/s1. The monoisotopic (exact) mass is 411 g/mol. The zero-order valence-electron chi connectivity index (χ0n) is 18.9. The summed E-state index contributed by atoms with van der Waals surface area (Å²) in [6, 6.07) is 13.1. The molecule has 1 heterocycles. The Balaban J connectivity index is 1.88. The van der Waals surface area contributed by atoms with Gasteiger partial charge in [0.25, 0.3) is 0 Å². The van der Waals surface area contributed by atoms with Gasteiger partial charge in [0.1, 0.15) is 12.6 Å². The van der Waals surface area contributed by atoms with E-state index < -0.39 is 0 Å². The molecule has 0 radical (unpaired) electrons. The minimum absolute atomic E-state index is 0.118. The number of quaternary nitrogens is 1. The number of carbonyl (C=O) groups excluding carboxylic acids is 1. The van der Waals surface area contributed by atoms with Gasteiger partial charge in [0.2, 0.25) is 5.91 Å². The van der Waals surface area contributed by atoms with Gasteiger partial charge in [-0.25, -0.2) is 0 Å². The third-order valence-corrected chi connectivity index (χ3v) is 5.88. The lowest BCUT2D eigenvalue weighted by molar-refractivity contribution is -0.945. The molecule has 30 heavy (non-hydrogen) atoms. The minimum Gasteiger partial charge on any atom is -0.493 e. The van der Waals surface area contributed by atoms with Crippen LogP contribution in [0.5, 0.6) is 11.5 Å². The smallest absolute Gasteiger partial charge is 0.220 e. The SMILES string of the molecule is COc1cc2c(cc1OC)[C@H](CNC(=O)CC(C)C)[NH+](Cc1ccc(C)cc1)CC2. The summed E-state index contributed by atoms with van der Waals surface area (Å²) in [6.07, 6.45) is 1.53. The van der Waals surface area contributed by atoms with Gasteiger partial charge in [-0.3, -0.25) is 4.79 Å². The van der Waals surface area contributed by atoms with E-state index in [4.69, 9.17) is 9.47 Å². The molecule has 0 bridgehead atoms. The number of amides is 1. The molecule has 0 aromatic heterocycles. The molecule has 5 nitrogen and oxygen atoms in total. The van der Waals surface area contributed by atoms with Gasteiger partial charge in [-0.1, -0.05) is 43.7 Å². The second kappa shape index (κ2) is 9.98. The molecule has 5 heteroatoms. The first-order valence-corrected chi connectivity index (χ1v) is 10.8. The van der Waals surface area contributed by atoms with Crippen molar-refractivity contribution in [1.82, 2.24) is 5.32 Å². The average Bonchev–Trinajstić information content (AvgIpc) is 2.72. The molecule has 0 saturated heterocycles. The van der Waals surface area contributed by atoms with Gasteiger partial charge in [-0.15, -0.1) is 0 Å². The molecule has 0 spiro atoms. The minimum atomic E-state index is 0.118. The summed E-state index contributed by atoms with van der Waals surface area (Å²) in [4.78, 5) is 13.8. The van der Waals surface area contributed by atoms with Crippen LogP contribution in [0.15, 0.2) is 36.4 Å². The quantitative estimate of drug-likeness (QED) is 0.702. The lowest BCUT2D eigenvalue weighted by atomic mass is 9.91. The Morgan fingerprint density at radius 1 is 1.13 bits per heavy atom. The van der Waals surface area contributed by atoms with E-state index in [1.165, 1.54) is 27.2 Å². The highest BCUT2D eigenvalue weighted by Crippen LogP contribution is 2.34. The molecule has 2 N–H and O–H groups in total. The molecule has 0 fully saturated rings. The van der Waals surface area contributed by atoms with E-state index in [9.17, 15) is 4.79 Å². The maximum Gasteiger partial charge on any atom is 0.220 e. The van der Waals surface area contributed by atoms with Crippen LogP contribution in [0.3, 0.4) is 0 Å². The van der Waals surface area contributed by atoms with Gasteiger partial charge in [0, 0.05) is 24.0 Å². The Hall–Kier alpha value is -2.53. The summed E-state index contributed by atoms with van der Waals surface area (Å²) in [7, 11) is 3.34. The lowest BCUT2D eigenvalue weighted by Gasteiger charge is -2.35. The van der Waals surface area contributed by atoms with E-state index in [1.54, 1.807) is 14.2 Å². The molecule has 0 saturated carbocycles. The zero-order valence-corrected chi connectivity index (χ0v) is 18.9. The number of methoxy groups -OCH3 is 2. The number of ether oxygens (including phenoxy) is 2. The normalized spacial score (nSPS) is 18.1. The van der Waals surface area contributed by atoms with Gasteiger partial charge in [-0.2, -0.15) is 0 Å². The van der Waals surface area contributed by atoms with Gasteiger partial charge >= 0.3 is 0 Å². The van der Waals surface area contributed by atoms with Gasteiger partial charge in [-0.05, 0) is 30.5 Å². The van der Waals surface area contributed by atoms with Crippen LogP contribution in [0.25, 0.3) is 0 Å². The number of rotatable bonds is 8. The predicted octanol–water partition coefficient (Wildman–Crippen LogP) is 2.86. The number of hydrogen-bond donors (Lipinski definition) is 2.